The summed E-state index contributed by atoms with van der Waals surface area (Å²) in [5.74, 6) is 0.189. The number of ketones is 1. The molecule has 17 heavy (non-hydrogen) atoms. The van der Waals surface area contributed by atoms with Crippen molar-refractivity contribution in [1.29, 1.82) is 0 Å². The molecule has 0 aromatic carbocycles. The molecule has 0 saturated carbocycles. The van der Waals surface area contributed by atoms with Crippen LogP contribution in [0.25, 0.3) is 0 Å². The summed E-state index contributed by atoms with van der Waals surface area (Å²) in [6, 6.07) is 0.148. The van der Waals surface area contributed by atoms with Gasteiger partial charge in [0.15, 0.2) is 5.78 Å². The van der Waals surface area contributed by atoms with Crippen LogP contribution in [0.15, 0.2) is 12.4 Å². The Morgan fingerprint density at radius 3 is 2.82 bits per heavy atom. The first-order valence-corrected chi connectivity index (χ1v) is 6.07. The molecule has 1 amide bonds. The third kappa shape index (κ3) is 2.75. The fraction of sp³-hybridized carbons (Fsp3) is 0.538. The summed E-state index contributed by atoms with van der Waals surface area (Å²) in [4.78, 5) is 23.2. The summed E-state index contributed by atoms with van der Waals surface area (Å²) in [6.07, 6.45) is 6.23. The van der Waals surface area contributed by atoms with E-state index in [1.807, 2.05) is 24.6 Å². The summed E-state index contributed by atoms with van der Waals surface area (Å²) in [5, 5.41) is 2.84. The van der Waals surface area contributed by atoms with E-state index in [1.165, 1.54) is 0 Å². The van der Waals surface area contributed by atoms with Crippen LogP contribution in [0.5, 0.6) is 0 Å². The molecule has 0 radical (unpaired) electrons. The van der Waals surface area contributed by atoms with Gasteiger partial charge in [0.05, 0.1) is 0 Å². The average molecular weight is 234 g/mol. The third-order valence-electron chi connectivity index (χ3n) is 2.89. The van der Waals surface area contributed by atoms with Gasteiger partial charge in [-0.3, -0.25) is 9.59 Å². The minimum absolute atomic E-state index is 0.0141. The molecular formula is C13H18N2O2. The molecule has 1 aromatic heterocycles. The van der Waals surface area contributed by atoms with E-state index in [4.69, 9.17) is 0 Å². The van der Waals surface area contributed by atoms with Gasteiger partial charge in [-0.1, -0.05) is 0 Å². The fourth-order valence-electron chi connectivity index (χ4n) is 2.20. The summed E-state index contributed by atoms with van der Waals surface area (Å²) in [6.45, 7) is 4.16. The summed E-state index contributed by atoms with van der Waals surface area (Å²) in [7, 11) is 0. The van der Waals surface area contributed by atoms with Crippen LogP contribution in [0, 0.1) is 0 Å². The van der Waals surface area contributed by atoms with Gasteiger partial charge in [-0.25, -0.2) is 0 Å². The Labute approximate surface area is 101 Å². The lowest BCUT2D eigenvalue weighted by atomic mass is 9.95. The van der Waals surface area contributed by atoms with Gasteiger partial charge in [0.25, 0.3) is 0 Å². The Morgan fingerprint density at radius 1 is 1.41 bits per heavy atom. The third-order valence-corrected chi connectivity index (χ3v) is 2.89. The Bertz CT molecular complexity index is 446. The maximum atomic E-state index is 11.6. The number of amides is 1. The lowest BCUT2D eigenvalue weighted by Crippen LogP contribution is -2.32. The normalized spacial score (nSPS) is 14.9. The van der Waals surface area contributed by atoms with Crippen LogP contribution < -0.4 is 5.32 Å². The van der Waals surface area contributed by atoms with Crippen molar-refractivity contribution in [2.45, 2.75) is 45.7 Å². The zero-order valence-electron chi connectivity index (χ0n) is 10.3. The van der Waals surface area contributed by atoms with Crippen molar-refractivity contribution >= 4 is 11.7 Å². The highest BCUT2D eigenvalue weighted by Gasteiger charge is 2.19. The van der Waals surface area contributed by atoms with Gasteiger partial charge < -0.3 is 9.88 Å². The Morgan fingerprint density at radius 2 is 2.18 bits per heavy atom. The lowest BCUT2D eigenvalue weighted by molar-refractivity contribution is -0.122. The molecule has 1 N–H and O–H groups in total. The van der Waals surface area contributed by atoms with Gasteiger partial charge in [0.1, 0.15) is 6.54 Å². The first-order valence-electron chi connectivity index (χ1n) is 6.07. The van der Waals surface area contributed by atoms with Gasteiger partial charge in [0.2, 0.25) is 5.91 Å². The highest BCUT2D eigenvalue weighted by molar-refractivity contribution is 5.98. The van der Waals surface area contributed by atoms with Crippen molar-refractivity contribution in [2.75, 3.05) is 0 Å². The largest absolute Gasteiger partial charge is 0.352 e. The molecule has 0 bridgehead atoms. The highest BCUT2D eigenvalue weighted by atomic mass is 16.2. The van der Waals surface area contributed by atoms with Gasteiger partial charge in [-0.05, 0) is 32.3 Å². The number of hydrogen-bond donors (Lipinski definition) is 1. The SMILES string of the molecule is CC(C)NC(=O)Cn1cc2c(c1)C(=O)CCC2. The second-order valence-electron chi connectivity index (χ2n) is 4.87. The molecule has 0 aliphatic heterocycles. The number of nitrogens with one attached hydrogen (secondary N) is 1. The van der Waals surface area contributed by atoms with E-state index in [-0.39, 0.29) is 17.7 Å². The number of Topliss-reactive ketones (excluding diaryl/α,β-unsaturated/α-hetero) is 1. The predicted octanol–water partition coefficient (Wildman–Crippen LogP) is 1.53. The predicted molar refractivity (Wildman–Crippen MR) is 65.0 cm³/mol. The highest BCUT2D eigenvalue weighted by Crippen LogP contribution is 2.21. The summed E-state index contributed by atoms with van der Waals surface area (Å²) < 4.78 is 1.81. The van der Waals surface area contributed by atoms with Crippen LogP contribution in [0.4, 0.5) is 0 Å². The Hall–Kier alpha value is -1.58. The monoisotopic (exact) mass is 234 g/mol. The average Bonchev–Trinajstić information content (AvgIpc) is 2.60. The molecule has 2 rings (SSSR count). The quantitative estimate of drug-likeness (QED) is 0.862. The molecular weight excluding hydrogens is 216 g/mol. The van der Waals surface area contributed by atoms with Crippen LogP contribution in [-0.2, 0) is 17.8 Å². The zero-order valence-corrected chi connectivity index (χ0v) is 10.3. The molecule has 1 aromatic rings. The van der Waals surface area contributed by atoms with Crippen molar-refractivity contribution in [3.05, 3.63) is 23.5 Å². The number of hydrogen-bond acceptors (Lipinski definition) is 2. The van der Waals surface area contributed by atoms with Crippen molar-refractivity contribution in [3.8, 4) is 0 Å². The fourth-order valence-corrected chi connectivity index (χ4v) is 2.20. The van der Waals surface area contributed by atoms with E-state index in [0.717, 1.165) is 24.0 Å². The van der Waals surface area contributed by atoms with Crippen LogP contribution in [-0.4, -0.2) is 22.3 Å². The van der Waals surface area contributed by atoms with Gasteiger partial charge in [-0.15, -0.1) is 0 Å². The second kappa shape index (κ2) is 4.73. The van der Waals surface area contributed by atoms with Crippen molar-refractivity contribution in [1.82, 2.24) is 9.88 Å². The van der Waals surface area contributed by atoms with E-state index in [9.17, 15) is 9.59 Å². The number of carbonyl (C=O) groups is 2. The van der Waals surface area contributed by atoms with E-state index in [0.29, 0.717) is 13.0 Å². The molecule has 4 nitrogen and oxygen atoms in total. The van der Waals surface area contributed by atoms with E-state index in [2.05, 4.69) is 5.32 Å². The Balaban J connectivity index is 2.08. The van der Waals surface area contributed by atoms with Crippen LogP contribution in [0.1, 0.15) is 42.6 Å². The van der Waals surface area contributed by atoms with Gasteiger partial charge in [-0.2, -0.15) is 0 Å². The molecule has 1 heterocycles. The number of aryl methyl sites for hydroxylation is 1. The summed E-state index contributed by atoms with van der Waals surface area (Å²) >= 11 is 0. The molecule has 0 spiro atoms. The number of rotatable bonds is 3. The number of fused-ring (bicyclic) bond motifs is 1. The molecule has 0 saturated heterocycles. The van der Waals surface area contributed by atoms with Crippen molar-refractivity contribution < 1.29 is 9.59 Å². The topological polar surface area (TPSA) is 51.1 Å². The lowest BCUT2D eigenvalue weighted by Gasteiger charge is -2.08. The minimum atomic E-state index is -0.0141. The van der Waals surface area contributed by atoms with Crippen LogP contribution >= 0.6 is 0 Å². The van der Waals surface area contributed by atoms with Crippen molar-refractivity contribution in [2.24, 2.45) is 0 Å². The van der Waals surface area contributed by atoms with E-state index in [1.54, 1.807) is 6.20 Å². The van der Waals surface area contributed by atoms with Gasteiger partial charge >= 0.3 is 0 Å². The molecule has 0 fully saturated rings. The number of carbonyl (C=O) groups excluding carboxylic acids is 2. The van der Waals surface area contributed by atoms with Crippen LogP contribution in [0.2, 0.25) is 0 Å². The molecule has 92 valence electrons. The molecule has 4 heteroatoms. The number of aromatic nitrogens is 1. The Kier molecular flexibility index (Phi) is 3.31. The summed E-state index contributed by atoms with van der Waals surface area (Å²) in [5.41, 5.74) is 1.88. The second-order valence-corrected chi connectivity index (χ2v) is 4.87. The minimum Gasteiger partial charge on any atom is -0.352 e. The maximum absolute atomic E-state index is 11.6. The van der Waals surface area contributed by atoms with E-state index < -0.39 is 0 Å². The van der Waals surface area contributed by atoms with E-state index >= 15 is 0 Å². The molecule has 1 aliphatic carbocycles. The van der Waals surface area contributed by atoms with Crippen molar-refractivity contribution in [3.63, 3.8) is 0 Å². The smallest absolute Gasteiger partial charge is 0.240 e. The molecule has 1 aliphatic rings. The maximum Gasteiger partial charge on any atom is 0.240 e. The number of nitrogens with zero attached hydrogens (tertiary/aromatic N) is 1. The van der Waals surface area contributed by atoms with Crippen LogP contribution in [0.3, 0.4) is 0 Å². The first kappa shape index (κ1) is 11.9. The zero-order chi connectivity index (χ0) is 12.4. The molecule has 0 atom stereocenters. The van der Waals surface area contributed by atoms with Gasteiger partial charge in [0, 0.05) is 30.4 Å². The first-order chi connectivity index (χ1) is 8.06. The molecule has 0 unspecified atom stereocenters. The standard InChI is InChI=1S/C13H18N2O2/c1-9(2)14-13(17)8-15-6-10-4-3-5-12(16)11(10)7-15/h6-7,9H,3-5,8H2,1-2H3,(H,14,17).